The minimum absolute atomic E-state index is 0.0423. The Labute approximate surface area is 225 Å². The highest BCUT2D eigenvalue weighted by molar-refractivity contribution is 5.78. The topological polar surface area (TPSA) is 77.2 Å². The summed E-state index contributed by atoms with van der Waals surface area (Å²) < 4.78 is 52.4. The third-order valence-corrected chi connectivity index (χ3v) is 7.92. The number of hydrogen-bond acceptors (Lipinski definition) is 5. The number of pyridine rings is 3. The van der Waals surface area contributed by atoms with Gasteiger partial charge in [-0.05, 0) is 60.6 Å². The Kier molecular flexibility index (Phi) is 7.84. The van der Waals surface area contributed by atoms with Crippen molar-refractivity contribution in [1.29, 1.82) is 0 Å². The minimum Gasteiger partial charge on any atom is -0.496 e. The van der Waals surface area contributed by atoms with Gasteiger partial charge in [-0.1, -0.05) is 32.9 Å². The van der Waals surface area contributed by atoms with Crippen LogP contribution in [-0.4, -0.2) is 38.5 Å². The van der Waals surface area contributed by atoms with Gasteiger partial charge in [0, 0.05) is 42.6 Å². The molecule has 0 aliphatic heterocycles. The van der Waals surface area contributed by atoms with Crippen molar-refractivity contribution in [3.05, 3.63) is 89.2 Å². The van der Waals surface area contributed by atoms with Gasteiger partial charge in [-0.3, -0.25) is 14.8 Å². The molecule has 2 atom stereocenters. The van der Waals surface area contributed by atoms with Crippen molar-refractivity contribution < 1.29 is 23.0 Å². The quantitative estimate of drug-likeness (QED) is 0.264. The Morgan fingerprint density at radius 2 is 1.72 bits per heavy atom. The van der Waals surface area contributed by atoms with E-state index in [4.69, 9.17) is 4.74 Å². The fourth-order valence-electron chi connectivity index (χ4n) is 5.80. The number of aromatic nitrogens is 3. The largest absolute Gasteiger partial charge is 0.496 e. The van der Waals surface area contributed by atoms with Crippen LogP contribution in [0.15, 0.2) is 78.2 Å². The molecule has 3 heterocycles. The first-order valence-electron chi connectivity index (χ1n) is 12.9. The van der Waals surface area contributed by atoms with Gasteiger partial charge in [0.1, 0.15) is 5.75 Å². The second-order valence-electron chi connectivity index (χ2n) is 9.84. The molecule has 9 heteroatoms. The smallest absolute Gasteiger partial charge is 0.419 e. The molecule has 0 saturated heterocycles. The van der Waals surface area contributed by atoms with Crippen molar-refractivity contribution in [2.24, 2.45) is 0 Å². The number of nitrogens with zero attached hydrogens (tertiary/aromatic N) is 3. The second-order valence-corrected chi connectivity index (χ2v) is 9.84. The van der Waals surface area contributed by atoms with Gasteiger partial charge in [0.25, 0.3) is 0 Å². The SMILES string of the molecule is CCC(CC)(n1ccc(=O)c2cnccc21)C(O)(CC(C)c1cc(-c2cccnc2)ccc1OC)C(F)(F)F. The zero-order chi connectivity index (χ0) is 28.4. The second kappa shape index (κ2) is 10.8. The number of hydrogen-bond donors (Lipinski definition) is 1. The third kappa shape index (κ3) is 4.80. The fourth-order valence-corrected chi connectivity index (χ4v) is 5.80. The van der Waals surface area contributed by atoms with E-state index in [1.165, 1.54) is 42.4 Å². The Balaban J connectivity index is 1.89. The van der Waals surface area contributed by atoms with Gasteiger partial charge in [-0.15, -0.1) is 0 Å². The molecule has 0 aliphatic carbocycles. The van der Waals surface area contributed by atoms with Gasteiger partial charge in [0.05, 0.1) is 23.6 Å². The molecule has 0 bridgehead atoms. The van der Waals surface area contributed by atoms with Gasteiger partial charge >= 0.3 is 6.18 Å². The van der Waals surface area contributed by atoms with E-state index in [1.807, 2.05) is 12.1 Å². The molecule has 2 unspecified atom stereocenters. The summed E-state index contributed by atoms with van der Waals surface area (Å²) in [6.45, 7) is 4.91. The van der Waals surface area contributed by atoms with Crippen LogP contribution >= 0.6 is 0 Å². The fraction of sp³-hybridized carbons (Fsp3) is 0.367. The Hall–Kier alpha value is -3.72. The van der Waals surface area contributed by atoms with Crippen LogP contribution in [-0.2, 0) is 5.54 Å². The van der Waals surface area contributed by atoms with E-state index >= 15 is 13.2 Å². The first-order valence-corrected chi connectivity index (χ1v) is 12.9. The lowest BCUT2D eigenvalue weighted by molar-refractivity contribution is -0.302. The molecule has 6 nitrogen and oxygen atoms in total. The standard InChI is InChI=1S/C30H32F3N3O3/c1-5-28(6-2,36-15-12-26(37)24-19-35-14-11-25(24)36)29(38,30(31,32)33)17-20(3)23-16-21(9-10-27(23)39-4)22-8-7-13-34-18-22/h7-16,18-20,38H,5-6,17H2,1-4H3. The van der Waals surface area contributed by atoms with Gasteiger partial charge in [0.15, 0.2) is 11.0 Å². The van der Waals surface area contributed by atoms with Crippen molar-refractivity contribution in [2.45, 2.75) is 63.3 Å². The molecule has 0 saturated carbocycles. The van der Waals surface area contributed by atoms with E-state index in [-0.39, 0.29) is 29.2 Å². The number of aliphatic hydroxyl groups is 1. The molecule has 4 aromatic rings. The van der Waals surface area contributed by atoms with Crippen molar-refractivity contribution in [1.82, 2.24) is 14.5 Å². The van der Waals surface area contributed by atoms with Crippen molar-refractivity contribution >= 4 is 10.9 Å². The molecule has 0 amide bonds. The third-order valence-electron chi connectivity index (χ3n) is 7.92. The summed E-state index contributed by atoms with van der Waals surface area (Å²) in [4.78, 5) is 20.6. The van der Waals surface area contributed by atoms with Gasteiger partial charge in [-0.2, -0.15) is 13.2 Å². The average molecular weight is 540 g/mol. The molecule has 206 valence electrons. The monoisotopic (exact) mass is 539 g/mol. The van der Waals surface area contributed by atoms with Crippen LogP contribution in [0.4, 0.5) is 13.2 Å². The maximum absolute atomic E-state index is 15.2. The molecule has 0 aliphatic rings. The van der Waals surface area contributed by atoms with Crippen LogP contribution in [0.2, 0.25) is 0 Å². The number of ether oxygens (including phenoxy) is 1. The Bertz CT molecular complexity index is 1500. The van der Waals surface area contributed by atoms with Crippen molar-refractivity contribution in [2.75, 3.05) is 7.11 Å². The highest BCUT2D eigenvalue weighted by atomic mass is 19.4. The van der Waals surface area contributed by atoms with E-state index in [2.05, 4.69) is 9.97 Å². The van der Waals surface area contributed by atoms with Crippen LogP contribution in [0, 0.1) is 0 Å². The molecular weight excluding hydrogens is 507 g/mol. The number of benzene rings is 1. The van der Waals surface area contributed by atoms with Crippen LogP contribution in [0.25, 0.3) is 22.0 Å². The summed E-state index contributed by atoms with van der Waals surface area (Å²) in [5, 5.41) is 12.1. The van der Waals surface area contributed by atoms with Crippen LogP contribution in [0.3, 0.4) is 0 Å². The number of methoxy groups -OCH3 is 1. The zero-order valence-corrected chi connectivity index (χ0v) is 22.4. The minimum atomic E-state index is -5.00. The molecule has 3 aromatic heterocycles. The lowest BCUT2D eigenvalue weighted by Crippen LogP contribution is -2.64. The normalized spacial score (nSPS) is 14.7. The van der Waals surface area contributed by atoms with E-state index in [9.17, 15) is 9.90 Å². The summed E-state index contributed by atoms with van der Waals surface area (Å²) in [6.07, 6.45) is 1.73. The van der Waals surface area contributed by atoms with E-state index in [0.717, 1.165) is 11.1 Å². The summed E-state index contributed by atoms with van der Waals surface area (Å²) >= 11 is 0. The lowest BCUT2D eigenvalue weighted by atomic mass is 9.69. The number of fused-ring (bicyclic) bond motifs is 1. The lowest BCUT2D eigenvalue weighted by Gasteiger charge is -2.50. The Morgan fingerprint density at radius 1 is 1.00 bits per heavy atom. The maximum atomic E-state index is 15.2. The number of alkyl halides is 3. The summed E-state index contributed by atoms with van der Waals surface area (Å²) in [6, 6.07) is 11.7. The average Bonchev–Trinajstić information content (AvgIpc) is 2.94. The summed E-state index contributed by atoms with van der Waals surface area (Å²) in [7, 11) is 1.47. The molecule has 0 radical (unpaired) electrons. The van der Waals surface area contributed by atoms with Crippen molar-refractivity contribution in [3.8, 4) is 16.9 Å². The molecule has 1 N–H and O–H groups in total. The predicted molar refractivity (Wildman–Crippen MR) is 145 cm³/mol. The highest BCUT2D eigenvalue weighted by Crippen LogP contribution is 2.52. The predicted octanol–water partition coefficient (Wildman–Crippen LogP) is 6.47. The molecular formula is C30H32F3N3O3. The highest BCUT2D eigenvalue weighted by Gasteiger charge is 2.65. The van der Waals surface area contributed by atoms with E-state index in [0.29, 0.717) is 11.3 Å². The molecule has 1 aromatic carbocycles. The van der Waals surface area contributed by atoms with Crippen LogP contribution in [0.1, 0.15) is 51.5 Å². The van der Waals surface area contributed by atoms with E-state index in [1.54, 1.807) is 51.4 Å². The molecule has 39 heavy (non-hydrogen) atoms. The first-order chi connectivity index (χ1) is 18.5. The number of rotatable bonds is 9. The Morgan fingerprint density at radius 3 is 2.33 bits per heavy atom. The van der Waals surface area contributed by atoms with Gasteiger partial charge < -0.3 is 14.4 Å². The van der Waals surface area contributed by atoms with Gasteiger partial charge in [0.2, 0.25) is 0 Å². The van der Waals surface area contributed by atoms with Crippen LogP contribution < -0.4 is 10.2 Å². The molecule has 0 fully saturated rings. The summed E-state index contributed by atoms with van der Waals surface area (Å²) in [5.41, 5.74) is -2.92. The van der Waals surface area contributed by atoms with Crippen molar-refractivity contribution in [3.63, 3.8) is 0 Å². The maximum Gasteiger partial charge on any atom is 0.419 e. The first kappa shape index (κ1) is 28.3. The summed E-state index contributed by atoms with van der Waals surface area (Å²) in [5.74, 6) is -0.328. The van der Waals surface area contributed by atoms with Crippen LogP contribution in [0.5, 0.6) is 5.75 Å². The number of halogens is 3. The zero-order valence-electron chi connectivity index (χ0n) is 22.4. The molecule has 4 rings (SSSR count). The molecule has 0 spiro atoms. The van der Waals surface area contributed by atoms with E-state index < -0.39 is 29.7 Å². The van der Waals surface area contributed by atoms with Gasteiger partial charge in [-0.25, -0.2) is 0 Å².